The van der Waals surface area contributed by atoms with Crippen LogP contribution in [-0.2, 0) is 6.18 Å². The zero-order chi connectivity index (χ0) is 15.3. The number of methoxy groups -OCH3 is 1. The number of nitrogens with zero attached hydrogens (tertiary/aromatic N) is 3. The first kappa shape index (κ1) is 16.1. The highest BCUT2D eigenvalue weighted by atomic mass is 19.4. The second-order valence-electron chi connectivity index (χ2n) is 3.92. The van der Waals surface area contributed by atoms with Crippen LogP contribution in [-0.4, -0.2) is 30.0 Å². The Balaban J connectivity index is 3.13. The van der Waals surface area contributed by atoms with Crippen molar-refractivity contribution in [1.82, 2.24) is 0 Å². The van der Waals surface area contributed by atoms with Crippen LogP contribution in [0.4, 0.5) is 13.2 Å². The molecule has 0 fully saturated rings. The van der Waals surface area contributed by atoms with Gasteiger partial charge in [-0.25, -0.2) is 0 Å². The Kier molecular flexibility index (Phi) is 5.20. The van der Waals surface area contributed by atoms with Crippen molar-refractivity contribution in [1.29, 1.82) is 0 Å². The molecule has 0 saturated carbocycles. The number of hydrogen-bond donors (Lipinski definition) is 2. The molecule has 20 heavy (non-hydrogen) atoms. The van der Waals surface area contributed by atoms with Crippen molar-refractivity contribution in [3.8, 4) is 5.75 Å². The van der Waals surface area contributed by atoms with Gasteiger partial charge >= 0.3 is 6.18 Å². The Labute approximate surface area is 112 Å². The molecular formula is C11H12F3N3O3. The number of ether oxygens (including phenoxy) is 1. The van der Waals surface area contributed by atoms with E-state index in [1.807, 2.05) is 0 Å². The molecule has 0 aromatic heterocycles. The van der Waals surface area contributed by atoms with E-state index < -0.39 is 30.5 Å². The molecule has 1 rings (SSSR count). The number of azide groups is 1. The summed E-state index contributed by atoms with van der Waals surface area (Å²) < 4.78 is 42.8. The maximum atomic E-state index is 12.7. The van der Waals surface area contributed by atoms with Gasteiger partial charge in [0.25, 0.3) is 0 Å². The van der Waals surface area contributed by atoms with Gasteiger partial charge in [0, 0.05) is 4.91 Å². The molecule has 6 nitrogen and oxygen atoms in total. The lowest BCUT2D eigenvalue weighted by atomic mass is 10.0. The number of rotatable bonds is 5. The molecule has 2 N–H and O–H groups in total. The van der Waals surface area contributed by atoms with Crippen LogP contribution in [0.2, 0.25) is 0 Å². The highest BCUT2D eigenvalue weighted by molar-refractivity contribution is 5.37. The summed E-state index contributed by atoms with van der Waals surface area (Å²) in [6, 6.07) is 2.64. The maximum Gasteiger partial charge on any atom is 0.416 e. The zero-order valence-electron chi connectivity index (χ0n) is 10.4. The van der Waals surface area contributed by atoms with Gasteiger partial charge in [-0.15, -0.1) is 0 Å². The smallest absolute Gasteiger partial charge is 0.416 e. The van der Waals surface area contributed by atoms with Crippen molar-refractivity contribution in [3.05, 3.63) is 39.8 Å². The number of aliphatic hydroxyl groups is 2. The van der Waals surface area contributed by atoms with Gasteiger partial charge in [0.15, 0.2) is 0 Å². The molecule has 0 aliphatic rings. The van der Waals surface area contributed by atoms with Gasteiger partial charge in [0.05, 0.1) is 25.3 Å². The molecule has 1 aromatic carbocycles. The molecule has 2 unspecified atom stereocenters. The number of halogens is 3. The Morgan fingerprint density at radius 1 is 1.35 bits per heavy atom. The minimum atomic E-state index is -4.61. The van der Waals surface area contributed by atoms with Crippen LogP contribution in [0.25, 0.3) is 10.4 Å². The van der Waals surface area contributed by atoms with Crippen LogP contribution in [0.1, 0.15) is 17.2 Å². The van der Waals surface area contributed by atoms with Crippen LogP contribution < -0.4 is 4.74 Å². The van der Waals surface area contributed by atoms with E-state index in [1.54, 1.807) is 0 Å². The van der Waals surface area contributed by atoms with Crippen LogP contribution in [0.5, 0.6) is 5.75 Å². The molecule has 2 atom stereocenters. The number of benzene rings is 1. The third-order valence-corrected chi connectivity index (χ3v) is 2.53. The van der Waals surface area contributed by atoms with E-state index >= 15 is 0 Å². The van der Waals surface area contributed by atoms with E-state index in [2.05, 4.69) is 10.0 Å². The van der Waals surface area contributed by atoms with E-state index in [0.29, 0.717) is 6.07 Å². The SMILES string of the molecule is COc1cc(C(O)C(O)CN=[N+]=[N-])cc(C(F)(F)F)c1. The standard InChI is InChI=1S/C11H12F3N3O3/c1-20-8-3-6(2-7(4-8)11(12,13)14)10(19)9(18)5-16-17-15/h2-4,9-10,18-19H,5H2,1H3. The third kappa shape index (κ3) is 4.02. The summed E-state index contributed by atoms with van der Waals surface area (Å²) in [5.41, 5.74) is 6.90. The third-order valence-electron chi connectivity index (χ3n) is 2.53. The van der Waals surface area contributed by atoms with Crippen LogP contribution >= 0.6 is 0 Å². The quantitative estimate of drug-likeness (QED) is 0.495. The Morgan fingerprint density at radius 2 is 2.00 bits per heavy atom. The van der Waals surface area contributed by atoms with Gasteiger partial charge < -0.3 is 14.9 Å². The van der Waals surface area contributed by atoms with Crippen molar-refractivity contribution in [2.45, 2.75) is 18.4 Å². The monoisotopic (exact) mass is 291 g/mol. The highest BCUT2D eigenvalue weighted by Gasteiger charge is 2.32. The maximum absolute atomic E-state index is 12.7. The Bertz CT molecular complexity index is 515. The van der Waals surface area contributed by atoms with Crippen molar-refractivity contribution in [2.75, 3.05) is 13.7 Å². The first-order chi connectivity index (χ1) is 9.29. The molecule has 110 valence electrons. The molecule has 0 aliphatic heterocycles. The lowest BCUT2D eigenvalue weighted by Gasteiger charge is -2.19. The normalized spacial score (nSPS) is 14.3. The minimum absolute atomic E-state index is 0.107. The Hall–Kier alpha value is -1.96. The second-order valence-corrected chi connectivity index (χ2v) is 3.92. The fraction of sp³-hybridized carbons (Fsp3) is 0.455. The summed E-state index contributed by atoms with van der Waals surface area (Å²) in [4.78, 5) is 2.39. The molecule has 0 aliphatic carbocycles. The fourth-order valence-corrected chi connectivity index (χ4v) is 1.52. The van der Waals surface area contributed by atoms with Crippen LogP contribution in [0, 0.1) is 0 Å². The second kappa shape index (κ2) is 6.47. The summed E-state index contributed by atoms with van der Waals surface area (Å²) >= 11 is 0. The first-order valence-corrected chi connectivity index (χ1v) is 5.42. The minimum Gasteiger partial charge on any atom is -0.497 e. The van der Waals surface area contributed by atoms with Gasteiger partial charge in [-0.05, 0) is 29.3 Å². The van der Waals surface area contributed by atoms with Gasteiger partial charge in [-0.1, -0.05) is 5.11 Å². The molecule has 0 bridgehead atoms. The number of aliphatic hydroxyl groups excluding tert-OH is 2. The summed E-state index contributed by atoms with van der Waals surface area (Å²) in [5, 5.41) is 22.3. The summed E-state index contributed by atoms with van der Waals surface area (Å²) in [5.74, 6) is -0.107. The van der Waals surface area contributed by atoms with E-state index in [4.69, 9.17) is 10.3 Å². The molecule has 1 aromatic rings. The van der Waals surface area contributed by atoms with E-state index in [1.165, 1.54) is 13.2 Å². The van der Waals surface area contributed by atoms with Crippen molar-refractivity contribution in [3.63, 3.8) is 0 Å². The van der Waals surface area contributed by atoms with Crippen molar-refractivity contribution < 1.29 is 28.1 Å². The summed E-state index contributed by atoms with van der Waals surface area (Å²) in [7, 11) is 1.18. The molecule has 0 spiro atoms. The molecule has 0 amide bonds. The topological polar surface area (TPSA) is 98.5 Å². The van der Waals surface area contributed by atoms with E-state index in [0.717, 1.165) is 6.07 Å². The van der Waals surface area contributed by atoms with Crippen LogP contribution in [0.15, 0.2) is 23.3 Å². The van der Waals surface area contributed by atoms with Gasteiger partial charge in [0.1, 0.15) is 11.9 Å². The van der Waals surface area contributed by atoms with Gasteiger partial charge in [0.2, 0.25) is 0 Å². The Morgan fingerprint density at radius 3 is 2.50 bits per heavy atom. The first-order valence-electron chi connectivity index (χ1n) is 5.42. The molecular weight excluding hydrogens is 279 g/mol. The average Bonchev–Trinajstić information content (AvgIpc) is 2.42. The number of hydrogen-bond acceptors (Lipinski definition) is 4. The van der Waals surface area contributed by atoms with E-state index in [9.17, 15) is 23.4 Å². The lowest BCUT2D eigenvalue weighted by Crippen LogP contribution is -2.21. The van der Waals surface area contributed by atoms with Crippen molar-refractivity contribution in [2.24, 2.45) is 5.11 Å². The largest absolute Gasteiger partial charge is 0.497 e. The fourth-order valence-electron chi connectivity index (χ4n) is 1.52. The van der Waals surface area contributed by atoms with E-state index in [-0.39, 0.29) is 11.3 Å². The predicted molar refractivity (Wildman–Crippen MR) is 63.0 cm³/mol. The van der Waals surface area contributed by atoms with Gasteiger partial charge in [-0.2, -0.15) is 13.2 Å². The predicted octanol–water partition coefficient (Wildman–Crippen LogP) is 2.42. The molecule has 0 saturated heterocycles. The summed E-state index contributed by atoms with van der Waals surface area (Å²) in [6.45, 7) is -0.462. The molecule has 9 heteroatoms. The summed E-state index contributed by atoms with van der Waals surface area (Å²) in [6.07, 6.45) is -7.76. The lowest BCUT2D eigenvalue weighted by molar-refractivity contribution is -0.137. The van der Waals surface area contributed by atoms with Crippen molar-refractivity contribution >= 4 is 0 Å². The average molecular weight is 291 g/mol. The molecule has 0 radical (unpaired) electrons. The highest BCUT2D eigenvalue weighted by Crippen LogP contribution is 2.34. The van der Waals surface area contributed by atoms with Gasteiger partial charge in [-0.3, -0.25) is 0 Å². The number of alkyl halides is 3. The van der Waals surface area contributed by atoms with Crippen LogP contribution in [0.3, 0.4) is 0 Å². The molecule has 0 heterocycles. The zero-order valence-corrected chi connectivity index (χ0v) is 10.4.